The Bertz CT molecular complexity index is 2960. The van der Waals surface area contributed by atoms with Gasteiger partial charge in [-0.3, -0.25) is 23.9 Å². The van der Waals surface area contributed by atoms with Gasteiger partial charge in [-0.2, -0.15) is 15.1 Å². The van der Waals surface area contributed by atoms with Gasteiger partial charge < -0.3 is 80.3 Å². The number of benzene rings is 2. The number of aromatic amines is 2. The van der Waals surface area contributed by atoms with Gasteiger partial charge in [-0.1, -0.05) is 12.2 Å². The van der Waals surface area contributed by atoms with Crippen LogP contribution in [0.1, 0.15) is 70.5 Å². The Hall–Kier alpha value is -7.22. The van der Waals surface area contributed by atoms with Crippen LogP contribution in [0.5, 0.6) is 11.5 Å². The number of allylic oxidation sites excluding steroid dienone is 3. The van der Waals surface area contributed by atoms with Gasteiger partial charge >= 0.3 is 0 Å². The molecule has 0 aliphatic carbocycles. The molecule has 11 N–H and O–H groups in total. The highest BCUT2D eigenvalue weighted by atomic mass is 16.7. The number of hydrogen-bond donors (Lipinski definition) is 9. The van der Waals surface area contributed by atoms with Crippen LogP contribution in [0.15, 0.2) is 64.2 Å². The first-order valence-corrected chi connectivity index (χ1v) is 22.5. The number of aryl methyl sites for hydroxylation is 2. The largest absolute Gasteiger partial charge is 0.494 e. The van der Waals surface area contributed by atoms with Crippen molar-refractivity contribution in [3.05, 3.63) is 88.0 Å². The highest BCUT2D eigenvalue weighted by Crippen LogP contribution is 2.29. The zero-order chi connectivity index (χ0) is 50.8. The second-order valence-corrected chi connectivity index (χ2v) is 16.2. The van der Waals surface area contributed by atoms with Crippen LogP contribution in [0, 0.1) is 12.3 Å². The van der Waals surface area contributed by atoms with Gasteiger partial charge in [0.1, 0.15) is 58.3 Å². The van der Waals surface area contributed by atoms with Crippen LogP contribution in [0.25, 0.3) is 22.1 Å². The summed E-state index contributed by atoms with van der Waals surface area (Å²) in [5, 5.41) is 45.8. The quantitative estimate of drug-likeness (QED) is 0.0198. The Labute approximate surface area is 400 Å². The molecule has 3 aromatic heterocycles. The molecule has 0 unspecified atom stereocenters. The minimum atomic E-state index is -1.39. The maximum atomic E-state index is 13.8. The Kier molecular flexibility index (Phi) is 17.4. The van der Waals surface area contributed by atoms with Crippen molar-refractivity contribution in [3.63, 3.8) is 0 Å². The topological polar surface area (TPSA) is 347 Å². The summed E-state index contributed by atoms with van der Waals surface area (Å²) in [6, 6.07) is 7.64. The number of hydrogen-bond acceptors (Lipinski definition) is 15. The molecule has 6 rings (SSSR count). The van der Waals surface area contributed by atoms with E-state index in [0.29, 0.717) is 53.7 Å². The van der Waals surface area contributed by atoms with Crippen molar-refractivity contribution < 1.29 is 58.2 Å². The third-order valence-electron chi connectivity index (χ3n) is 11.2. The number of ether oxygens (including phenoxy) is 5. The van der Waals surface area contributed by atoms with E-state index in [9.17, 15) is 34.5 Å². The summed E-state index contributed by atoms with van der Waals surface area (Å²) in [5.74, 6) is -2.20. The van der Waals surface area contributed by atoms with E-state index >= 15 is 0 Å². The number of aliphatic hydroxyl groups excluding tert-OH is 3. The number of nitrogens with one attached hydrogen (secondary N) is 4. The number of imidazole rings is 2. The zero-order valence-electron chi connectivity index (χ0n) is 39.7. The number of carbonyl (C=O) groups excluding carboxylic acids is 4. The Balaban J connectivity index is 1.37. The molecule has 5 aromatic rings. The number of nitrogens with zero attached hydrogens (tertiary/aromatic N) is 6. The highest BCUT2D eigenvalue weighted by molar-refractivity contribution is 6.02. The van der Waals surface area contributed by atoms with E-state index in [2.05, 4.69) is 30.4 Å². The second-order valence-electron chi connectivity index (χ2n) is 16.2. The molecular formula is C46H60N12O12. The van der Waals surface area contributed by atoms with Gasteiger partial charge in [0.15, 0.2) is 6.29 Å². The van der Waals surface area contributed by atoms with E-state index in [0.717, 1.165) is 0 Å². The van der Waals surface area contributed by atoms with Gasteiger partial charge in [-0.25, -0.2) is 0 Å². The first-order valence-electron chi connectivity index (χ1n) is 22.5. The molecule has 4 heterocycles. The highest BCUT2D eigenvalue weighted by Gasteiger charge is 2.45. The standard InChI is InChI=1S/C46H60N12O12/c1-7-50-30(17-24(3)47)42(64)53-45-51-28-19-26(40(48)62)21-32(66-5)35(28)56(45)13-9-10-14-57-36-29(52-46(57)54-43(65)31-18-25(4)55-58(31)8-2)20-27(41(49)63)22-33(36)68-15-11-12-16-69-39-38(61)37(60)34(23-59)70-44(39)67-6/h9-10,17-22,34,37-39,44,47,50,59-61H,7-8,11-16,23H2,1-6H3,(H2,48,62)(H2,49,63)(H,51,53,64)(H,52,54,65)/b10-9+,30-17-,47-24?/t34-,37-,38+,39-,44+/m1/s1. The summed E-state index contributed by atoms with van der Waals surface area (Å²) >= 11 is 0. The number of aliphatic hydroxyl groups is 3. The van der Waals surface area contributed by atoms with Gasteiger partial charge in [-0.15, -0.1) is 0 Å². The van der Waals surface area contributed by atoms with Crippen LogP contribution in [-0.4, -0.2) is 145 Å². The molecule has 0 bridgehead atoms. The van der Waals surface area contributed by atoms with Crippen molar-refractivity contribution in [2.45, 2.75) is 90.9 Å². The lowest BCUT2D eigenvalue weighted by molar-refractivity contribution is -0.303. The fourth-order valence-corrected chi connectivity index (χ4v) is 7.89. The lowest BCUT2D eigenvalue weighted by Crippen LogP contribution is -2.59. The summed E-state index contributed by atoms with van der Waals surface area (Å²) in [4.78, 5) is 67.4. The van der Waals surface area contributed by atoms with Crippen LogP contribution >= 0.6 is 0 Å². The van der Waals surface area contributed by atoms with Crippen LogP contribution in [0.4, 0.5) is 0 Å². The SMILES string of the molecule is CCN/C(=C\C(C)=N)C(=O)/N=c1/[nH]c2cc(C(N)=O)cc(OC)c2n1C/C=C/Cn1/c(=N/C(=O)c2cc(C)nn2CC)[nH]c2cc(C(N)=O)cc(OCCCCO[C@H]3[C@@H](OC)O[C@H](CO)[C@@H](O)[C@@H]3O)c21. The number of methoxy groups -OCH3 is 2. The summed E-state index contributed by atoms with van der Waals surface area (Å²) in [7, 11) is 2.78. The molecule has 4 amide bonds. The Morgan fingerprint density at radius 3 is 2.06 bits per heavy atom. The molecule has 0 saturated carbocycles. The van der Waals surface area contributed by atoms with Crippen LogP contribution in [0.2, 0.25) is 0 Å². The molecule has 2 aromatic carbocycles. The summed E-state index contributed by atoms with van der Waals surface area (Å²) in [6.07, 6.45) is -0.115. The molecule has 0 radical (unpaired) electrons. The summed E-state index contributed by atoms with van der Waals surface area (Å²) in [6.45, 7) is 7.60. The third-order valence-corrected chi connectivity index (χ3v) is 11.2. The van der Waals surface area contributed by atoms with Crippen LogP contribution in [-0.2, 0) is 38.6 Å². The van der Waals surface area contributed by atoms with Crippen LogP contribution < -0.4 is 37.5 Å². The van der Waals surface area contributed by atoms with Gasteiger partial charge in [0.25, 0.3) is 11.8 Å². The number of fused-ring (bicyclic) bond motifs is 2. The predicted octanol–water partition coefficient (Wildman–Crippen LogP) is 0.571. The van der Waals surface area contributed by atoms with E-state index in [1.807, 2.05) is 6.92 Å². The van der Waals surface area contributed by atoms with Crippen molar-refractivity contribution in [1.82, 2.24) is 34.2 Å². The van der Waals surface area contributed by atoms with E-state index < -0.39 is 60.9 Å². The van der Waals surface area contributed by atoms with Gasteiger partial charge in [-0.05, 0) is 76.9 Å². The smallest absolute Gasteiger partial charge is 0.298 e. The fraction of sp³-hybridized carbons (Fsp3) is 0.435. The number of nitrogens with two attached hydrogens (primary N) is 2. The van der Waals surface area contributed by atoms with Crippen molar-refractivity contribution in [2.24, 2.45) is 21.5 Å². The number of unbranched alkanes of at least 4 members (excludes halogenated alkanes) is 1. The number of H-pyrrole nitrogens is 2. The number of carbonyl (C=O) groups is 4. The van der Waals surface area contributed by atoms with Gasteiger partial charge in [0.05, 0.1) is 37.1 Å². The number of aromatic nitrogens is 6. The summed E-state index contributed by atoms with van der Waals surface area (Å²) < 4.78 is 33.6. The Morgan fingerprint density at radius 2 is 1.50 bits per heavy atom. The maximum Gasteiger partial charge on any atom is 0.298 e. The first kappa shape index (κ1) is 52.2. The minimum Gasteiger partial charge on any atom is -0.494 e. The molecule has 0 spiro atoms. The number of likely N-dealkylation sites (N-methyl/N-ethyl adjacent to an activating group) is 1. The molecule has 24 heteroatoms. The molecule has 1 aliphatic rings. The lowest BCUT2D eigenvalue weighted by Gasteiger charge is -2.41. The summed E-state index contributed by atoms with van der Waals surface area (Å²) in [5.41, 5.74) is 14.6. The zero-order valence-corrected chi connectivity index (χ0v) is 39.7. The normalized spacial score (nSPS) is 19.1. The monoisotopic (exact) mass is 972 g/mol. The molecule has 376 valence electrons. The van der Waals surface area contributed by atoms with E-state index in [1.54, 1.807) is 45.9 Å². The molecular weight excluding hydrogens is 913 g/mol. The number of primary amides is 2. The molecule has 5 atom stereocenters. The van der Waals surface area contributed by atoms with Crippen molar-refractivity contribution in [2.75, 3.05) is 40.6 Å². The number of rotatable bonds is 22. The van der Waals surface area contributed by atoms with E-state index in [4.69, 9.17) is 40.6 Å². The second kappa shape index (κ2) is 23.4. The minimum absolute atomic E-state index is 0.0664. The van der Waals surface area contributed by atoms with Gasteiger partial charge in [0.2, 0.25) is 23.1 Å². The average Bonchev–Trinajstić information content (AvgIpc) is 4.00. The van der Waals surface area contributed by atoms with Crippen molar-refractivity contribution in [1.29, 1.82) is 5.41 Å². The molecule has 1 fully saturated rings. The predicted molar refractivity (Wildman–Crippen MR) is 253 cm³/mol. The fourth-order valence-electron chi connectivity index (χ4n) is 7.89. The molecule has 70 heavy (non-hydrogen) atoms. The molecule has 1 saturated heterocycles. The number of amides is 4. The van der Waals surface area contributed by atoms with E-state index in [-0.39, 0.29) is 77.3 Å². The van der Waals surface area contributed by atoms with Crippen molar-refractivity contribution in [3.8, 4) is 11.5 Å². The molecule has 24 nitrogen and oxygen atoms in total. The maximum absolute atomic E-state index is 13.8. The Morgan fingerprint density at radius 1 is 0.900 bits per heavy atom. The third kappa shape index (κ3) is 11.8. The van der Waals surface area contributed by atoms with E-state index in [1.165, 1.54) is 51.5 Å². The average molecular weight is 973 g/mol. The molecule has 1 aliphatic heterocycles. The van der Waals surface area contributed by atoms with Crippen molar-refractivity contribution >= 4 is 51.4 Å². The van der Waals surface area contributed by atoms with Crippen LogP contribution in [0.3, 0.4) is 0 Å². The first-order chi connectivity index (χ1) is 33.5. The lowest BCUT2D eigenvalue weighted by atomic mass is 9.99. The van der Waals surface area contributed by atoms with Gasteiger partial charge in [0, 0.05) is 56.7 Å².